The third kappa shape index (κ3) is 3.76. The molecule has 0 fully saturated rings. The highest BCUT2D eigenvalue weighted by Crippen LogP contribution is 2.24. The summed E-state index contributed by atoms with van der Waals surface area (Å²) in [5.74, 6) is 0.785. The normalized spacial score (nSPS) is 15.6. The van der Waals surface area contributed by atoms with Crippen LogP contribution in [-0.4, -0.2) is 49.0 Å². The molecule has 1 unspecified atom stereocenters. The SMILES string of the molecule is CC(CNC(=O)c1ccc(N(C)C)nc1)N1CCc2sccc2C1. The molecule has 1 atom stereocenters. The summed E-state index contributed by atoms with van der Waals surface area (Å²) in [5.41, 5.74) is 2.04. The van der Waals surface area contributed by atoms with Crippen LogP contribution in [0.4, 0.5) is 5.82 Å². The molecule has 0 aliphatic carbocycles. The summed E-state index contributed by atoms with van der Waals surface area (Å²) in [5, 5.41) is 5.20. The van der Waals surface area contributed by atoms with Crippen molar-refractivity contribution in [1.29, 1.82) is 0 Å². The third-order valence-electron chi connectivity index (χ3n) is 4.49. The Morgan fingerprint density at radius 3 is 2.96 bits per heavy atom. The molecule has 3 heterocycles. The second-order valence-electron chi connectivity index (χ2n) is 6.45. The first-order valence-corrected chi connectivity index (χ1v) is 9.13. The van der Waals surface area contributed by atoms with Gasteiger partial charge in [-0.1, -0.05) is 0 Å². The number of pyridine rings is 1. The largest absolute Gasteiger partial charge is 0.363 e. The monoisotopic (exact) mass is 344 g/mol. The summed E-state index contributed by atoms with van der Waals surface area (Å²) in [6.45, 7) is 4.86. The van der Waals surface area contributed by atoms with Crippen LogP contribution >= 0.6 is 11.3 Å². The van der Waals surface area contributed by atoms with Crippen LogP contribution < -0.4 is 10.2 Å². The molecule has 2 aromatic rings. The molecule has 0 radical (unpaired) electrons. The average Bonchev–Trinajstić information content (AvgIpc) is 3.07. The Bertz CT molecular complexity index is 695. The molecular formula is C18H24N4OS. The van der Waals surface area contributed by atoms with E-state index in [1.54, 1.807) is 6.20 Å². The standard InChI is InChI=1S/C18H24N4OS/c1-13(22-8-6-16-15(12-22)7-9-24-16)10-20-18(23)14-4-5-17(19-11-14)21(2)3/h4-5,7,9,11,13H,6,8,10,12H2,1-3H3,(H,20,23). The molecule has 24 heavy (non-hydrogen) atoms. The van der Waals surface area contributed by atoms with Gasteiger partial charge in [0.15, 0.2) is 0 Å². The molecule has 0 spiro atoms. The van der Waals surface area contributed by atoms with Crippen molar-refractivity contribution in [1.82, 2.24) is 15.2 Å². The van der Waals surface area contributed by atoms with Crippen molar-refractivity contribution in [2.75, 3.05) is 32.1 Å². The molecule has 128 valence electrons. The second-order valence-corrected chi connectivity index (χ2v) is 7.45. The fourth-order valence-corrected chi connectivity index (χ4v) is 3.79. The van der Waals surface area contributed by atoms with Crippen molar-refractivity contribution in [3.05, 3.63) is 45.8 Å². The molecule has 0 saturated heterocycles. The van der Waals surface area contributed by atoms with E-state index >= 15 is 0 Å². The van der Waals surface area contributed by atoms with E-state index in [-0.39, 0.29) is 5.91 Å². The smallest absolute Gasteiger partial charge is 0.252 e. The van der Waals surface area contributed by atoms with Gasteiger partial charge in [-0.05, 0) is 42.5 Å². The number of hydrogen-bond donors (Lipinski definition) is 1. The third-order valence-corrected chi connectivity index (χ3v) is 5.51. The quantitative estimate of drug-likeness (QED) is 0.905. The first-order chi connectivity index (χ1) is 11.5. The van der Waals surface area contributed by atoms with E-state index < -0.39 is 0 Å². The van der Waals surface area contributed by atoms with Crippen LogP contribution in [0.1, 0.15) is 27.7 Å². The Hall–Kier alpha value is -1.92. The molecule has 1 N–H and O–H groups in total. The first-order valence-electron chi connectivity index (χ1n) is 8.25. The number of nitrogens with zero attached hydrogens (tertiary/aromatic N) is 3. The number of carbonyl (C=O) groups excluding carboxylic acids is 1. The fourth-order valence-electron chi connectivity index (χ4n) is 2.90. The summed E-state index contributed by atoms with van der Waals surface area (Å²) in [6.07, 6.45) is 2.75. The average molecular weight is 344 g/mol. The minimum atomic E-state index is -0.0621. The predicted molar refractivity (Wildman–Crippen MR) is 98.8 cm³/mol. The number of fused-ring (bicyclic) bond motifs is 1. The predicted octanol–water partition coefficient (Wildman–Crippen LogP) is 2.39. The zero-order chi connectivity index (χ0) is 17.1. The van der Waals surface area contributed by atoms with Crippen molar-refractivity contribution in [3.8, 4) is 0 Å². The number of anilines is 1. The Kier molecular flexibility index (Phi) is 5.16. The van der Waals surface area contributed by atoms with Crippen LogP contribution in [0.3, 0.4) is 0 Å². The number of rotatable bonds is 5. The highest BCUT2D eigenvalue weighted by molar-refractivity contribution is 7.10. The summed E-state index contributed by atoms with van der Waals surface area (Å²) in [4.78, 5) is 22.4. The molecule has 3 rings (SSSR count). The fraction of sp³-hybridized carbons (Fsp3) is 0.444. The van der Waals surface area contributed by atoms with Gasteiger partial charge in [-0.2, -0.15) is 0 Å². The Balaban J connectivity index is 1.52. The summed E-state index contributed by atoms with van der Waals surface area (Å²) in [7, 11) is 3.86. The molecule has 1 aliphatic rings. The zero-order valence-electron chi connectivity index (χ0n) is 14.5. The highest BCUT2D eigenvalue weighted by Gasteiger charge is 2.21. The Morgan fingerprint density at radius 2 is 2.25 bits per heavy atom. The van der Waals surface area contributed by atoms with E-state index in [2.05, 4.69) is 33.6 Å². The topological polar surface area (TPSA) is 48.5 Å². The van der Waals surface area contributed by atoms with Crippen molar-refractivity contribution in [2.24, 2.45) is 0 Å². The number of aromatic nitrogens is 1. The van der Waals surface area contributed by atoms with Gasteiger partial charge >= 0.3 is 0 Å². The lowest BCUT2D eigenvalue weighted by atomic mass is 10.1. The molecule has 6 heteroatoms. The Labute approximate surface area is 147 Å². The molecule has 2 aromatic heterocycles. The van der Waals surface area contributed by atoms with E-state index in [1.165, 1.54) is 10.4 Å². The lowest BCUT2D eigenvalue weighted by Gasteiger charge is -2.32. The molecule has 0 aromatic carbocycles. The molecule has 1 amide bonds. The van der Waals surface area contributed by atoms with Crippen molar-refractivity contribution >= 4 is 23.1 Å². The lowest BCUT2D eigenvalue weighted by molar-refractivity contribution is 0.0932. The molecular weight excluding hydrogens is 320 g/mol. The zero-order valence-corrected chi connectivity index (χ0v) is 15.3. The van der Waals surface area contributed by atoms with E-state index in [9.17, 15) is 4.79 Å². The van der Waals surface area contributed by atoms with Gasteiger partial charge < -0.3 is 10.2 Å². The van der Waals surface area contributed by atoms with Gasteiger partial charge in [-0.3, -0.25) is 9.69 Å². The summed E-state index contributed by atoms with van der Waals surface area (Å²) < 4.78 is 0. The van der Waals surface area contributed by atoms with E-state index in [1.807, 2.05) is 42.5 Å². The minimum absolute atomic E-state index is 0.0621. The first kappa shape index (κ1) is 16.9. The van der Waals surface area contributed by atoms with Gasteiger partial charge in [0.05, 0.1) is 5.56 Å². The van der Waals surface area contributed by atoms with Crippen molar-refractivity contribution in [3.63, 3.8) is 0 Å². The maximum absolute atomic E-state index is 12.3. The number of amides is 1. The van der Waals surface area contributed by atoms with Crippen LogP contribution in [0.15, 0.2) is 29.8 Å². The van der Waals surface area contributed by atoms with Crippen LogP contribution in [0.2, 0.25) is 0 Å². The number of hydrogen-bond acceptors (Lipinski definition) is 5. The van der Waals surface area contributed by atoms with Gasteiger partial charge in [0.2, 0.25) is 0 Å². The molecule has 0 saturated carbocycles. The maximum Gasteiger partial charge on any atom is 0.252 e. The van der Waals surface area contributed by atoms with Gasteiger partial charge in [-0.25, -0.2) is 4.98 Å². The van der Waals surface area contributed by atoms with E-state index in [0.29, 0.717) is 18.2 Å². The second kappa shape index (κ2) is 7.32. The van der Waals surface area contributed by atoms with Gasteiger partial charge in [0, 0.05) is 50.8 Å². The molecule has 5 nitrogen and oxygen atoms in total. The van der Waals surface area contributed by atoms with Gasteiger partial charge in [0.1, 0.15) is 5.82 Å². The summed E-state index contributed by atoms with van der Waals surface area (Å²) >= 11 is 1.85. The van der Waals surface area contributed by atoms with Crippen molar-refractivity contribution < 1.29 is 4.79 Å². The number of thiophene rings is 1. The lowest BCUT2D eigenvalue weighted by Crippen LogP contribution is -2.44. The van der Waals surface area contributed by atoms with Gasteiger partial charge in [0.25, 0.3) is 5.91 Å². The Morgan fingerprint density at radius 1 is 1.42 bits per heavy atom. The van der Waals surface area contributed by atoms with Gasteiger partial charge in [-0.15, -0.1) is 11.3 Å². The number of carbonyl (C=O) groups is 1. The maximum atomic E-state index is 12.3. The summed E-state index contributed by atoms with van der Waals surface area (Å²) in [6, 6.07) is 6.22. The molecule has 0 bridgehead atoms. The molecule has 1 aliphatic heterocycles. The van der Waals surface area contributed by atoms with Crippen LogP contribution in [0.5, 0.6) is 0 Å². The van der Waals surface area contributed by atoms with E-state index in [4.69, 9.17) is 0 Å². The number of nitrogens with one attached hydrogen (secondary N) is 1. The van der Waals surface area contributed by atoms with Crippen molar-refractivity contribution in [2.45, 2.75) is 25.9 Å². The minimum Gasteiger partial charge on any atom is -0.363 e. The van der Waals surface area contributed by atoms with E-state index in [0.717, 1.165) is 25.3 Å². The van der Waals surface area contributed by atoms with Crippen LogP contribution in [0.25, 0.3) is 0 Å². The van der Waals surface area contributed by atoms with Crippen LogP contribution in [-0.2, 0) is 13.0 Å². The highest BCUT2D eigenvalue weighted by atomic mass is 32.1. The van der Waals surface area contributed by atoms with Crippen LogP contribution in [0, 0.1) is 0 Å².